The van der Waals surface area contributed by atoms with Crippen LogP contribution in [0.5, 0.6) is 0 Å². The zero-order chi connectivity index (χ0) is 19.1. The average molecular weight is 373 g/mol. The summed E-state index contributed by atoms with van der Waals surface area (Å²) in [7, 11) is 0. The number of ether oxygens (including phenoxy) is 1. The molecule has 2 aromatic rings. The summed E-state index contributed by atoms with van der Waals surface area (Å²) in [6, 6.07) is 13.2. The average Bonchev–Trinajstić information content (AvgIpc) is 2.72. The van der Waals surface area contributed by atoms with Crippen LogP contribution in [-0.4, -0.2) is 44.0 Å². The summed E-state index contributed by atoms with van der Waals surface area (Å²) in [6.45, 7) is 3.70. The van der Waals surface area contributed by atoms with Gasteiger partial charge in [-0.25, -0.2) is 9.18 Å². The number of halogens is 1. The monoisotopic (exact) mass is 373 g/mol. The van der Waals surface area contributed by atoms with Crippen LogP contribution in [0.2, 0.25) is 0 Å². The summed E-state index contributed by atoms with van der Waals surface area (Å²) in [5.41, 5.74) is 2.69. The van der Waals surface area contributed by atoms with Gasteiger partial charge in [0.05, 0.1) is 19.3 Å². The molecule has 1 saturated heterocycles. The van der Waals surface area contributed by atoms with Gasteiger partial charge >= 0.3 is 6.03 Å². The van der Waals surface area contributed by atoms with Gasteiger partial charge in [-0.05, 0) is 35.4 Å². The highest BCUT2D eigenvalue weighted by molar-refractivity contribution is 5.73. The lowest BCUT2D eigenvalue weighted by Gasteiger charge is -2.28. The van der Waals surface area contributed by atoms with E-state index in [0.717, 1.165) is 37.6 Å². The molecule has 0 aliphatic carbocycles. The summed E-state index contributed by atoms with van der Waals surface area (Å²) < 4.78 is 18.2. The third kappa shape index (κ3) is 5.67. The third-order valence-electron chi connectivity index (χ3n) is 4.48. The standard InChI is InChI=1S/C20H24FN3O3/c21-17-5-3-16(4-6-17)19(25)14-23-20(26)22-13-15-1-7-18(8-2-15)24-9-11-27-12-10-24/h1-8,19,25H,9-14H2,(H2,22,23,26). The molecule has 3 rings (SSSR count). The molecule has 1 heterocycles. The number of carbonyl (C=O) groups excluding carboxylic acids is 1. The maximum Gasteiger partial charge on any atom is 0.315 e. The van der Waals surface area contributed by atoms with Crippen LogP contribution in [0, 0.1) is 5.82 Å². The number of morpholine rings is 1. The van der Waals surface area contributed by atoms with Crippen molar-refractivity contribution < 1.29 is 19.0 Å². The van der Waals surface area contributed by atoms with Crippen molar-refractivity contribution in [1.82, 2.24) is 10.6 Å². The second kappa shape index (κ2) is 9.34. The number of amides is 2. The van der Waals surface area contributed by atoms with Crippen LogP contribution < -0.4 is 15.5 Å². The number of hydrogen-bond acceptors (Lipinski definition) is 4. The summed E-state index contributed by atoms with van der Waals surface area (Å²) in [5, 5.41) is 15.4. The minimum atomic E-state index is -0.885. The fourth-order valence-electron chi connectivity index (χ4n) is 2.88. The van der Waals surface area contributed by atoms with E-state index in [9.17, 15) is 14.3 Å². The number of anilines is 1. The number of nitrogens with zero attached hydrogens (tertiary/aromatic N) is 1. The first-order valence-electron chi connectivity index (χ1n) is 8.99. The van der Waals surface area contributed by atoms with Gasteiger partial charge in [0.25, 0.3) is 0 Å². The zero-order valence-corrected chi connectivity index (χ0v) is 15.0. The topological polar surface area (TPSA) is 73.8 Å². The molecule has 7 heteroatoms. The van der Waals surface area contributed by atoms with Gasteiger partial charge in [0.1, 0.15) is 5.82 Å². The predicted molar refractivity (Wildman–Crippen MR) is 101 cm³/mol. The second-order valence-electron chi connectivity index (χ2n) is 6.40. The molecule has 0 radical (unpaired) electrons. The van der Waals surface area contributed by atoms with Crippen LogP contribution in [0.15, 0.2) is 48.5 Å². The van der Waals surface area contributed by atoms with E-state index in [4.69, 9.17) is 4.74 Å². The number of aliphatic hydroxyl groups excluding tert-OH is 1. The zero-order valence-electron chi connectivity index (χ0n) is 15.0. The first-order valence-corrected chi connectivity index (χ1v) is 8.99. The van der Waals surface area contributed by atoms with Gasteiger partial charge in [0, 0.05) is 31.9 Å². The predicted octanol–water partition coefficient (Wildman–Crippen LogP) is 2.20. The van der Waals surface area contributed by atoms with Crippen LogP contribution in [0.25, 0.3) is 0 Å². The smallest absolute Gasteiger partial charge is 0.315 e. The highest BCUT2D eigenvalue weighted by Crippen LogP contribution is 2.16. The van der Waals surface area contributed by atoms with Crippen molar-refractivity contribution in [2.75, 3.05) is 37.7 Å². The number of hydrogen-bond donors (Lipinski definition) is 3. The molecule has 2 amide bonds. The Labute approximate surface area is 157 Å². The summed E-state index contributed by atoms with van der Waals surface area (Å²) >= 11 is 0. The maximum absolute atomic E-state index is 12.9. The molecular formula is C20H24FN3O3. The Morgan fingerprint density at radius 1 is 1.07 bits per heavy atom. The molecule has 1 aliphatic rings. The fourth-order valence-corrected chi connectivity index (χ4v) is 2.88. The number of aliphatic hydroxyl groups is 1. The molecule has 2 aromatic carbocycles. The molecule has 0 aromatic heterocycles. The van der Waals surface area contributed by atoms with Crippen molar-refractivity contribution in [2.45, 2.75) is 12.6 Å². The van der Waals surface area contributed by atoms with Gasteiger partial charge in [-0.2, -0.15) is 0 Å². The van der Waals surface area contributed by atoms with Gasteiger partial charge in [0.2, 0.25) is 0 Å². The molecule has 1 unspecified atom stereocenters. The summed E-state index contributed by atoms with van der Waals surface area (Å²) in [5.74, 6) is -0.365. The Morgan fingerprint density at radius 3 is 2.41 bits per heavy atom. The third-order valence-corrected chi connectivity index (χ3v) is 4.48. The molecule has 27 heavy (non-hydrogen) atoms. The number of rotatable bonds is 6. The molecule has 0 bridgehead atoms. The van der Waals surface area contributed by atoms with Gasteiger partial charge in [-0.3, -0.25) is 0 Å². The van der Waals surface area contributed by atoms with Crippen LogP contribution in [-0.2, 0) is 11.3 Å². The SMILES string of the molecule is O=C(NCc1ccc(N2CCOCC2)cc1)NCC(O)c1ccc(F)cc1. The first kappa shape index (κ1) is 19.1. The molecule has 0 spiro atoms. The quantitative estimate of drug-likeness (QED) is 0.726. The van der Waals surface area contributed by atoms with Crippen molar-refractivity contribution in [3.63, 3.8) is 0 Å². The number of benzene rings is 2. The highest BCUT2D eigenvalue weighted by Gasteiger charge is 2.11. The lowest BCUT2D eigenvalue weighted by molar-refractivity contribution is 0.122. The molecule has 3 N–H and O–H groups in total. The highest BCUT2D eigenvalue weighted by atomic mass is 19.1. The second-order valence-corrected chi connectivity index (χ2v) is 6.40. The Balaban J connectivity index is 1.41. The van der Waals surface area contributed by atoms with Crippen molar-refractivity contribution in [3.8, 4) is 0 Å². The van der Waals surface area contributed by atoms with Crippen molar-refractivity contribution >= 4 is 11.7 Å². The van der Waals surface area contributed by atoms with E-state index in [0.29, 0.717) is 12.1 Å². The van der Waals surface area contributed by atoms with Crippen molar-refractivity contribution in [2.24, 2.45) is 0 Å². The summed E-state index contributed by atoms with van der Waals surface area (Å²) in [6.07, 6.45) is -0.885. The number of urea groups is 1. The molecular weight excluding hydrogens is 349 g/mol. The van der Waals surface area contributed by atoms with Crippen molar-refractivity contribution in [1.29, 1.82) is 0 Å². The minimum Gasteiger partial charge on any atom is -0.387 e. The van der Waals surface area contributed by atoms with E-state index in [2.05, 4.69) is 15.5 Å². The minimum absolute atomic E-state index is 0.0490. The molecule has 0 saturated carbocycles. The normalized spacial score (nSPS) is 15.3. The number of carbonyl (C=O) groups is 1. The molecule has 1 aliphatic heterocycles. The van der Waals surface area contributed by atoms with Crippen LogP contribution in [0.4, 0.5) is 14.9 Å². The van der Waals surface area contributed by atoms with E-state index in [-0.39, 0.29) is 18.4 Å². The number of nitrogens with one attached hydrogen (secondary N) is 2. The maximum atomic E-state index is 12.9. The van der Waals surface area contributed by atoms with E-state index in [1.54, 1.807) is 0 Å². The van der Waals surface area contributed by atoms with E-state index >= 15 is 0 Å². The van der Waals surface area contributed by atoms with E-state index in [1.165, 1.54) is 24.3 Å². The van der Waals surface area contributed by atoms with E-state index in [1.807, 2.05) is 24.3 Å². The summed E-state index contributed by atoms with van der Waals surface area (Å²) in [4.78, 5) is 14.2. The molecule has 1 atom stereocenters. The fraction of sp³-hybridized carbons (Fsp3) is 0.350. The van der Waals surface area contributed by atoms with Gasteiger partial charge in [-0.1, -0.05) is 24.3 Å². The Morgan fingerprint density at radius 2 is 1.74 bits per heavy atom. The van der Waals surface area contributed by atoms with Gasteiger partial charge < -0.3 is 25.4 Å². The van der Waals surface area contributed by atoms with Crippen LogP contribution in [0.3, 0.4) is 0 Å². The lowest BCUT2D eigenvalue weighted by atomic mass is 10.1. The molecule has 144 valence electrons. The van der Waals surface area contributed by atoms with Gasteiger partial charge in [-0.15, -0.1) is 0 Å². The lowest BCUT2D eigenvalue weighted by Crippen LogP contribution is -2.37. The molecule has 6 nitrogen and oxygen atoms in total. The van der Waals surface area contributed by atoms with E-state index < -0.39 is 6.10 Å². The van der Waals surface area contributed by atoms with Crippen LogP contribution >= 0.6 is 0 Å². The van der Waals surface area contributed by atoms with Crippen molar-refractivity contribution in [3.05, 3.63) is 65.5 Å². The first-order chi connectivity index (χ1) is 13.1. The Bertz CT molecular complexity index is 731. The van der Waals surface area contributed by atoms with Crippen LogP contribution in [0.1, 0.15) is 17.2 Å². The van der Waals surface area contributed by atoms with Gasteiger partial charge in [0.15, 0.2) is 0 Å². The molecule has 1 fully saturated rings. The Hall–Kier alpha value is -2.64. The Kier molecular flexibility index (Phi) is 6.62. The largest absolute Gasteiger partial charge is 0.387 e.